The number of fused-ring (bicyclic) bond motifs is 1. The SMILES string of the molecule is CC(CN(C)C(=O)Cc1c[nH]c2cc(F)ccc12)C(=O)O. The average Bonchev–Trinajstić information content (AvgIpc) is 2.80. The van der Waals surface area contributed by atoms with Gasteiger partial charge < -0.3 is 15.0 Å². The van der Waals surface area contributed by atoms with E-state index in [1.54, 1.807) is 26.2 Å². The molecule has 0 saturated heterocycles. The zero-order valence-electron chi connectivity index (χ0n) is 11.9. The molecule has 2 rings (SSSR count). The zero-order valence-corrected chi connectivity index (χ0v) is 11.9. The molecule has 2 aromatic rings. The van der Waals surface area contributed by atoms with Gasteiger partial charge in [-0.25, -0.2) is 4.39 Å². The van der Waals surface area contributed by atoms with Gasteiger partial charge in [0.25, 0.3) is 0 Å². The lowest BCUT2D eigenvalue weighted by molar-refractivity contribution is -0.142. The lowest BCUT2D eigenvalue weighted by Crippen LogP contribution is -2.34. The number of rotatable bonds is 5. The summed E-state index contributed by atoms with van der Waals surface area (Å²) in [6, 6.07) is 4.35. The van der Waals surface area contributed by atoms with Crippen molar-refractivity contribution in [1.82, 2.24) is 9.88 Å². The van der Waals surface area contributed by atoms with E-state index >= 15 is 0 Å². The number of aromatic amines is 1. The van der Waals surface area contributed by atoms with Crippen LogP contribution in [0.5, 0.6) is 0 Å². The Kier molecular flexibility index (Phi) is 4.26. The molecule has 1 atom stereocenters. The average molecular weight is 292 g/mol. The molecular formula is C15H17FN2O3. The first-order valence-electron chi connectivity index (χ1n) is 6.60. The highest BCUT2D eigenvalue weighted by atomic mass is 19.1. The van der Waals surface area contributed by atoms with Crippen molar-refractivity contribution >= 4 is 22.8 Å². The van der Waals surface area contributed by atoms with Crippen LogP contribution < -0.4 is 0 Å². The van der Waals surface area contributed by atoms with Crippen LogP contribution in [0.2, 0.25) is 0 Å². The fraction of sp³-hybridized carbons (Fsp3) is 0.333. The van der Waals surface area contributed by atoms with Crippen LogP contribution in [-0.2, 0) is 16.0 Å². The number of likely N-dealkylation sites (N-methyl/N-ethyl adjacent to an activating group) is 1. The van der Waals surface area contributed by atoms with E-state index in [0.717, 1.165) is 10.9 Å². The van der Waals surface area contributed by atoms with Gasteiger partial charge in [-0.2, -0.15) is 0 Å². The summed E-state index contributed by atoms with van der Waals surface area (Å²) in [5, 5.41) is 9.65. The molecule has 2 N–H and O–H groups in total. The molecule has 6 heteroatoms. The predicted molar refractivity (Wildman–Crippen MR) is 76.4 cm³/mol. The van der Waals surface area contributed by atoms with E-state index in [9.17, 15) is 14.0 Å². The number of halogens is 1. The topological polar surface area (TPSA) is 73.4 Å². The molecule has 1 heterocycles. The molecule has 0 saturated carbocycles. The number of nitrogens with one attached hydrogen (secondary N) is 1. The number of benzene rings is 1. The van der Waals surface area contributed by atoms with E-state index in [4.69, 9.17) is 5.11 Å². The number of carboxylic acids is 1. The molecule has 0 aliphatic rings. The largest absolute Gasteiger partial charge is 0.481 e. The summed E-state index contributed by atoms with van der Waals surface area (Å²) in [6.45, 7) is 1.71. The van der Waals surface area contributed by atoms with Gasteiger partial charge in [0.1, 0.15) is 5.82 Å². The molecule has 0 fully saturated rings. The minimum atomic E-state index is -0.933. The minimum absolute atomic E-state index is 0.147. The van der Waals surface area contributed by atoms with Gasteiger partial charge in [0.15, 0.2) is 0 Å². The molecule has 1 aromatic carbocycles. The van der Waals surface area contributed by atoms with Crippen molar-refractivity contribution in [3.05, 3.63) is 35.8 Å². The van der Waals surface area contributed by atoms with Gasteiger partial charge in [0.2, 0.25) is 5.91 Å². The second-order valence-electron chi connectivity index (χ2n) is 5.19. The minimum Gasteiger partial charge on any atom is -0.481 e. The smallest absolute Gasteiger partial charge is 0.308 e. The fourth-order valence-corrected chi connectivity index (χ4v) is 2.19. The van der Waals surface area contributed by atoms with Crippen molar-refractivity contribution in [3.63, 3.8) is 0 Å². The number of nitrogens with zero attached hydrogens (tertiary/aromatic N) is 1. The molecule has 1 unspecified atom stereocenters. The maximum absolute atomic E-state index is 13.1. The van der Waals surface area contributed by atoms with Crippen molar-refractivity contribution in [2.45, 2.75) is 13.3 Å². The molecule has 112 valence electrons. The Morgan fingerprint density at radius 2 is 2.14 bits per heavy atom. The molecule has 0 aliphatic carbocycles. The number of hydrogen-bond donors (Lipinski definition) is 2. The standard InChI is InChI=1S/C15H17FN2O3/c1-9(15(20)21)8-18(2)14(19)5-10-7-17-13-6-11(16)3-4-12(10)13/h3-4,6-7,9,17H,5,8H2,1-2H3,(H,20,21). The summed E-state index contributed by atoms with van der Waals surface area (Å²) in [6.07, 6.45) is 1.82. The number of carbonyl (C=O) groups excluding carboxylic acids is 1. The van der Waals surface area contributed by atoms with Gasteiger partial charge in [0, 0.05) is 30.7 Å². The van der Waals surface area contributed by atoms with Gasteiger partial charge in [0.05, 0.1) is 12.3 Å². The highest BCUT2D eigenvalue weighted by molar-refractivity contribution is 5.89. The lowest BCUT2D eigenvalue weighted by Gasteiger charge is -2.19. The lowest BCUT2D eigenvalue weighted by atomic mass is 10.1. The second-order valence-corrected chi connectivity index (χ2v) is 5.19. The molecule has 5 nitrogen and oxygen atoms in total. The third-order valence-corrected chi connectivity index (χ3v) is 3.47. The summed E-state index contributed by atoms with van der Waals surface area (Å²) >= 11 is 0. The van der Waals surface area contributed by atoms with Gasteiger partial charge in [-0.1, -0.05) is 6.92 Å². The number of hydrogen-bond acceptors (Lipinski definition) is 2. The van der Waals surface area contributed by atoms with Crippen molar-refractivity contribution < 1.29 is 19.1 Å². The Morgan fingerprint density at radius 3 is 2.81 bits per heavy atom. The first kappa shape index (κ1) is 15.0. The predicted octanol–water partition coefficient (Wildman–Crippen LogP) is 2.03. The van der Waals surface area contributed by atoms with E-state index in [0.29, 0.717) is 5.52 Å². The Morgan fingerprint density at radius 1 is 1.43 bits per heavy atom. The van der Waals surface area contributed by atoms with Crippen molar-refractivity contribution in [2.75, 3.05) is 13.6 Å². The molecule has 1 amide bonds. The maximum atomic E-state index is 13.1. The third-order valence-electron chi connectivity index (χ3n) is 3.47. The quantitative estimate of drug-likeness (QED) is 0.885. The molecule has 1 aromatic heterocycles. The normalized spacial score (nSPS) is 12.3. The van der Waals surface area contributed by atoms with Crippen LogP contribution in [0.15, 0.2) is 24.4 Å². The molecule has 0 spiro atoms. The summed E-state index contributed by atoms with van der Waals surface area (Å²) < 4.78 is 13.1. The van der Waals surface area contributed by atoms with Gasteiger partial charge in [-0.15, -0.1) is 0 Å². The summed E-state index contributed by atoms with van der Waals surface area (Å²) in [5.41, 5.74) is 1.41. The van der Waals surface area contributed by atoms with Crippen molar-refractivity contribution in [2.24, 2.45) is 5.92 Å². The van der Waals surface area contributed by atoms with Crippen LogP contribution >= 0.6 is 0 Å². The van der Waals surface area contributed by atoms with Crippen molar-refractivity contribution in [1.29, 1.82) is 0 Å². The fourth-order valence-electron chi connectivity index (χ4n) is 2.19. The van der Waals surface area contributed by atoms with Crippen LogP contribution in [0.4, 0.5) is 4.39 Å². The zero-order chi connectivity index (χ0) is 15.6. The number of carboxylic acid groups (broad SMARTS) is 1. The third kappa shape index (κ3) is 3.39. The monoisotopic (exact) mass is 292 g/mol. The summed E-state index contributed by atoms with van der Waals surface area (Å²) in [7, 11) is 1.58. The highest BCUT2D eigenvalue weighted by Gasteiger charge is 2.18. The van der Waals surface area contributed by atoms with Crippen LogP contribution in [0, 0.1) is 11.7 Å². The Balaban J connectivity index is 2.09. The highest BCUT2D eigenvalue weighted by Crippen LogP contribution is 2.20. The summed E-state index contributed by atoms with van der Waals surface area (Å²) in [4.78, 5) is 27.3. The van der Waals surface area contributed by atoms with Gasteiger partial charge in [-0.3, -0.25) is 9.59 Å². The summed E-state index contributed by atoms with van der Waals surface area (Å²) in [5.74, 6) is -2.06. The number of H-pyrrole nitrogens is 1. The molecule has 21 heavy (non-hydrogen) atoms. The van der Waals surface area contributed by atoms with Crippen LogP contribution in [0.3, 0.4) is 0 Å². The molecular weight excluding hydrogens is 275 g/mol. The van der Waals surface area contributed by atoms with E-state index < -0.39 is 11.9 Å². The number of aliphatic carboxylic acids is 1. The Hall–Kier alpha value is -2.37. The molecule has 0 radical (unpaired) electrons. The van der Waals surface area contributed by atoms with E-state index in [-0.39, 0.29) is 24.7 Å². The van der Waals surface area contributed by atoms with Gasteiger partial charge in [-0.05, 0) is 23.8 Å². The Bertz CT molecular complexity index is 681. The molecule has 0 aliphatic heterocycles. The second kappa shape index (κ2) is 5.95. The van der Waals surface area contributed by atoms with Gasteiger partial charge >= 0.3 is 5.97 Å². The Labute approximate surface area is 121 Å². The first-order chi connectivity index (χ1) is 9.88. The van der Waals surface area contributed by atoms with Crippen LogP contribution in [0.1, 0.15) is 12.5 Å². The van der Waals surface area contributed by atoms with Crippen molar-refractivity contribution in [3.8, 4) is 0 Å². The maximum Gasteiger partial charge on any atom is 0.308 e. The number of amides is 1. The number of aromatic nitrogens is 1. The van der Waals surface area contributed by atoms with E-state index in [1.807, 2.05) is 0 Å². The molecule has 0 bridgehead atoms. The first-order valence-corrected chi connectivity index (χ1v) is 6.60. The van der Waals surface area contributed by atoms with E-state index in [2.05, 4.69) is 4.98 Å². The van der Waals surface area contributed by atoms with E-state index in [1.165, 1.54) is 17.0 Å². The van der Waals surface area contributed by atoms with Crippen LogP contribution in [-0.4, -0.2) is 40.5 Å². The van der Waals surface area contributed by atoms with Crippen LogP contribution in [0.25, 0.3) is 10.9 Å². The number of carbonyl (C=O) groups is 2.